The van der Waals surface area contributed by atoms with Crippen LogP contribution in [0.4, 0.5) is 0 Å². The zero-order valence-corrected chi connectivity index (χ0v) is 17.1. The Kier molecular flexibility index (Phi) is 5.04. The van der Waals surface area contributed by atoms with E-state index in [0.717, 1.165) is 22.6 Å². The monoisotopic (exact) mass is 386 g/mol. The van der Waals surface area contributed by atoms with Gasteiger partial charge in [-0.1, -0.05) is 17.7 Å². The molecule has 3 rings (SSSR count). The van der Waals surface area contributed by atoms with Crippen LogP contribution >= 0.6 is 0 Å². The highest BCUT2D eigenvalue weighted by Crippen LogP contribution is 2.24. The average molecular weight is 387 g/mol. The molecule has 1 N–H and O–H groups in total. The van der Waals surface area contributed by atoms with Crippen LogP contribution in [0.5, 0.6) is 0 Å². The van der Waals surface area contributed by atoms with Crippen molar-refractivity contribution >= 4 is 21.8 Å². The molecule has 1 fully saturated rings. The summed E-state index contributed by atoms with van der Waals surface area (Å²) in [6.07, 6.45) is 3.73. The van der Waals surface area contributed by atoms with Gasteiger partial charge in [0.05, 0.1) is 17.0 Å². The molecular formula is C21H26N2O3S. The molecule has 2 heterocycles. The molecule has 27 heavy (non-hydrogen) atoms. The molecule has 1 atom stereocenters. The molecule has 1 saturated heterocycles. The summed E-state index contributed by atoms with van der Waals surface area (Å²) in [7, 11) is -3.05. The number of nitrogens with one attached hydrogen (secondary N) is 1. The molecule has 6 heteroatoms. The van der Waals surface area contributed by atoms with Crippen LogP contribution in [0.25, 0.3) is 11.8 Å². The Morgan fingerprint density at radius 3 is 2.44 bits per heavy atom. The topological polar surface area (TPSA) is 68.2 Å². The molecule has 1 aliphatic heterocycles. The fraction of sp³-hybridized carbons (Fsp3) is 0.381. The van der Waals surface area contributed by atoms with E-state index in [-0.39, 0.29) is 17.4 Å². The molecule has 0 aliphatic carbocycles. The van der Waals surface area contributed by atoms with Gasteiger partial charge in [-0.15, -0.1) is 0 Å². The Hall–Kier alpha value is -2.34. The van der Waals surface area contributed by atoms with E-state index >= 15 is 0 Å². The smallest absolute Gasteiger partial charge is 0.244 e. The van der Waals surface area contributed by atoms with Gasteiger partial charge >= 0.3 is 0 Å². The molecule has 0 saturated carbocycles. The lowest BCUT2D eigenvalue weighted by Crippen LogP contribution is -2.46. The van der Waals surface area contributed by atoms with Gasteiger partial charge in [0, 0.05) is 23.2 Å². The number of amides is 1. The first-order chi connectivity index (χ1) is 12.6. The zero-order chi connectivity index (χ0) is 19.8. The fourth-order valence-electron chi connectivity index (χ4n) is 3.66. The molecule has 1 aromatic heterocycles. The van der Waals surface area contributed by atoms with Crippen molar-refractivity contribution in [2.24, 2.45) is 0 Å². The van der Waals surface area contributed by atoms with E-state index in [1.165, 1.54) is 11.6 Å². The molecule has 0 bridgehead atoms. The molecule has 2 aromatic rings. The Balaban J connectivity index is 1.77. The summed E-state index contributed by atoms with van der Waals surface area (Å²) in [4.78, 5) is 12.3. The molecule has 144 valence electrons. The summed E-state index contributed by atoms with van der Waals surface area (Å²) in [6.45, 7) is 7.90. The molecule has 1 amide bonds. The number of carbonyl (C=O) groups is 1. The lowest BCUT2D eigenvalue weighted by atomic mass is 10.0. The van der Waals surface area contributed by atoms with Crippen LogP contribution in [0.2, 0.25) is 0 Å². The van der Waals surface area contributed by atoms with Gasteiger partial charge in [0.15, 0.2) is 9.84 Å². The minimum atomic E-state index is -3.05. The van der Waals surface area contributed by atoms with Crippen LogP contribution in [0.1, 0.15) is 35.9 Å². The second-order valence-corrected chi connectivity index (χ2v) is 9.91. The third-order valence-corrected chi connectivity index (χ3v) is 7.01. The van der Waals surface area contributed by atoms with Crippen molar-refractivity contribution in [2.45, 2.75) is 39.7 Å². The summed E-state index contributed by atoms with van der Waals surface area (Å²) in [5.41, 5.74) is 4.72. The van der Waals surface area contributed by atoms with Gasteiger partial charge in [0.1, 0.15) is 0 Å². The van der Waals surface area contributed by atoms with E-state index in [0.29, 0.717) is 6.42 Å². The first kappa shape index (κ1) is 19.4. The quantitative estimate of drug-likeness (QED) is 0.821. The van der Waals surface area contributed by atoms with E-state index in [4.69, 9.17) is 0 Å². The number of carbonyl (C=O) groups excluding carboxylic acids is 1. The number of hydrogen-bond acceptors (Lipinski definition) is 3. The van der Waals surface area contributed by atoms with Gasteiger partial charge in [0.25, 0.3) is 0 Å². The van der Waals surface area contributed by atoms with E-state index in [1.807, 2.05) is 19.9 Å². The van der Waals surface area contributed by atoms with Crippen molar-refractivity contribution in [1.29, 1.82) is 0 Å². The number of nitrogens with zero attached hydrogens (tertiary/aromatic N) is 1. The van der Waals surface area contributed by atoms with Crippen LogP contribution in [-0.4, -0.2) is 35.9 Å². The Bertz CT molecular complexity index is 1000. The van der Waals surface area contributed by atoms with Gasteiger partial charge < -0.3 is 9.88 Å². The zero-order valence-electron chi connectivity index (χ0n) is 16.2. The maximum atomic E-state index is 12.3. The highest BCUT2D eigenvalue weighted by atomic mass is 32.2. The predicted molar refractivity (Wildman–Crippen MR) is 109 cm³/mol. The SMILES string of the molecule is Cc1ccc(-n2c(C)cc(/C=C/C(=O)NC3(C)CCS(=O)(=O)C3)c2C)cc1. The van der Waals surface area contributed by atoms with Gasteiger partial charge in [-0.25, -0.2) is 8.42 Å². The molecule has 1 aromatic carbocycles. The first-order valence-corrected chi connectivity index (χ1v) is 10.9. The second kappa shape index (κ2) is 7.00. The summed E-state index contributed by atoms with van der Waals surface area (Å²) in [6, 6.07) is 10.4. The summed E-state index contributed by atoms with van der Waals surface area (Å²) in [5.74, 6) is -0.137. The molecule has 0 radical (unpaired) electrons. The van der Waals surface area contributed by atoms with E-state index in [9.17, 15) is 13.2 Å². The second-order valence-electron chi connectivity index (χ2n) is 7.72. The van der Waals surface area contributed by atoms with Gasteiger partial charge in [-0.05, 0) is 64.0 Å². The molecule has 1 unspecified atom stereocenters. The van der Waals surface area contributed by atoms with Crippen LogP contribution < -0.4 is 5.32 Å². The summed E-state index contributed by atoms with van der Waals surface area (Å²) in [5, 5.41) is 2.85. The van der Waals surface area contributed by atoms with Crippen molar-refractivity contribution < 1.29 is 13.2 Å². The van der Waals surface area contributed by atoms with Crippen molar-refractivity contribution in [3.8, 4) is 5.69 Å². The molecule has 1 aliphatic rings. The number of sulfone groups is 1. The standard InChI is InChI=1S/C21H26N2O3S/c1-15-5-8-19(9-6-15)23-16(2)13-18(17(23)3)7-10-20(24)22-21(4)11-12-27(25,26)14-21/h5-10,13H,11-12,14H2,1-4H3,(H,22,24)/b10-7+. The van der Waals surface area contributed by atoms with Crippen LogP contribution in [0.3, 0.4) is 0 Å². The average Bonchev–Trinajstić information content (AvgIpc) is 3.01. The highest BCUT2D eigenvalue weighted by molar-refractivity contribution is 7.91. The van der Waals surface area contributed by atoms with Gasteiger partial charge in [-0.3, -0.25) is 4.79 Å². The molecule has 5 nitrogen and oxygen atoms in total. The molecule has 0 spiro atoms. The predicted octanol–water partition coefficient (Wildman–Crippen LogP) is 3.11. The first-order valence-electron chi connectivity index (χ1n) is 9.05. The summed E-state index contributed by atoms with van der Waals surface area (Å²) >= 11 is 0. The Morgan fingerprint density at radius 2 is 1.85 bits per heavy atom. The summed E-state index contributed by atoms with van der Waals surface area (Å²) < 4.78 is 25.5. The van der Waals surface area contributed by atoms with Crippen molar-refractivity contribution in [1.82, 2.24) is 9.88 Å². The number of aromatic nitrogens is 1. The number of rotatable bonds is 4. The van der Waals surface area contributed by atoms with Gasteiger partial charge in [0.2, 0.25) is 5.91 Å². The minimum Gasteiger partial charge on any atom is -0.346 e. The maximum Gasteiger partial charge on any atom is 0.244 e. The van der Waals surface area contributed by atoms with Gasteiger partial charge in [-0.2, -0.15) is 0 Å². The van der Waals surface area contributed by atoms with E-state index in [1.54, 1.807) is 13.0 Å². The largest absolute Gasteiger partial charge is 0.346 e. The lowest BCUT2D eigenvalue weighted by molar-refractivity contribution is -0.117. The van der Waals surface area contributed by atoms with Crippen molar-refractivity contribution in [3.63, 3.8) is 0 Å². The minimum absolute atomic E-state index is 0.00150. The fourth-order valence-corrected chi connectivity index (χ4v) is 5.75. The van der Waals surface area contributed by atoms with Crippen LogP contribution in [0.15, 0.2) is 36.4 Å². The Morgan fingerprint density at radius 1 is 1.19 bits per heavy atom. The third-order valence-electron chi connectivity index (χ3n) is 5.11. The van der Waals surface area contributed by atoms with Crippen LogP contribution in [0, 0.1) is 20.8 Å². The lowest BCUT2D eigenvalue weighted by Gasteiger charge is -2.22. The van der Waals surface area contributed by atoms with Crippen LogP contribution in [-0.2, 0) is 14.6 Å². The Labute approximate surface area is 161 Å². The van der Waals surface area contributed by atoms with E-state index in [2.05, 4.69) is 41.1 Å². The normalized spacial score (nSPS) is 21.6. The van der Waals surface area contributed by atoms with Crippen molar-refractivity contribution in [2.75, 3.05) is 11.5 Å². The van der Waals surface area contributed by atoms with E-state index < -0.39 is 15.4 Å². The highest BCUT2D eigenvalue weighted by Gasteiger charge is 2.39. The maximum absolute atomic E-state index is 12.3. The number of hydrogen-bond donors (Lipinski definition) is 1. The number of aryl methyl sites for hydroxylation is 2. The third kappa shape index (κ3) is 4.33. The molecular weight excluding hydrogens is 360 g/mol. The van der Waals surface area contributed by atoms with Crippen molar-refractivity contribution in [3.05, 3.63) is 58.9 Å². The number of benzene rings is 1.